The molecule has 0 bridgehead atoms. The smallest absolute Gasteiger partial charge is 0.0134 e. The molecule has 0 aromatic rings. The lowest BCUT2D eigenvalue weighted by Gasteiger charge is -2.23. The molecule has 2 aliphatic rings. The second-order valence-electron chi connectivity index (χ2n) is 5.86. The van der Waals surface area contributed by atoms with Crippen LogP contribution < -0.4 is 0 Å². The summed E-state index contributed by atoms with van der Waals surface area (Å²) in [5.41, 5.74) is 3.32. The number of fused-ring (bicyclic) bond motifs is 1. The average molecular weight is 204 g/mol. The Bertz CT molecular complexity index is 293. The van der Waals surface area contributed by atoms with Crippen LogP contribution in [0, 0.1) is 23.7 Å². The molecule has 0 heteroatoms. The minimum Gasteiger partial charge on any atom is -0.0809 e. The molecule has 3 atom stereocenters. The fraction of sp³-hybridized carbons (Fsp3) is 0.733. The van der Waals surface area contributed by atoms with Crippen LogP contribution in [0.1, 0.15) is 47.0 Å². The van der Waals surface area contributed by atoms with Crippen LogP contribution in [0.3, 0.4) is 0 Å². The highest BCUT2D eigenvalue weighted by Gasteiger charge is 2.30. The van der Waals surface area contributed by atoms with E-state index in [1.165, 1.54) is 19.3 Å². The first-order valence-corrected chi connectivity index (χ1v) is 6.47. The van der Waals surface area contributed by atoms with Crippen molar-refractivity contribution in [2.45, 2.75) is 47.0 Å². The number of allylic oxidation sites excluding steroid dienone is 4. The van der Waals surface area contributed by atoms with E-state index in [2.05, 4.69) is 39.8 Å². The maximum absolute atomic E-state index is 2.48. The number of rotatable bonds is 1. The zero-order chi connectivity index (χ0) is 11.0. The van der Waals surface area contributed by atoms with E-state index in [0.29, 0.717) is 0 Å². The largest absolute Gasteiger partial charge is 0.0809 e. The van der Waals surface area contributed by atoms with Crippen molar-refractivity contribution in [2.24, 2.45) is 23.7 Å². The van der Waals surface area contributed by atoms with E-state index in [4.69, 9.17) is 0 Å². The average Bonchev–Trinajstić information content (AvgIpc) is 2.44. The SMILES string of the molecule is CC1=C2C=CC(C(C)C)CC(C)C2CC1. The Morgan fingerprint density at radius 1 is 1.33 bits per heavy atom. The minimum atomic E-state index is 0.795. The molecule has 2 aliphatic carbocycles. The van der Waals surface area contributed by atoms with Crippen molar-refractivity contribution in [3.8, 4) is 0 Å². The van der Waals surface area contributed by atoms with Crippen LogP contribution in [-0.2, 0) is 0 Å². The summed E-state index contributed by atoms with van der Waals surface area (Å²) >= 11 is 0. The van der Waals surface area contributed by atoms with Crippen LogP contribution in [0.4, 0.5) is 0 Å². The third kappa shape index (κ3) is 2.04. The van der Waals surface area contributed by atoms with Crippen LogP contribution in [0.15, 0.2) is 23.3 Å². The van der Waals surface area contributed by atoms with Gasteiger partial charge < -0.3 is 0 Å². The van der Waals surface area contributed by atoms with Crippen molar-refractivity contribution in [2.75, 3.05) is 0 Å². The molecule has 0 aromatic carbocycles. The van der Waals surface area contributed by atoms with Crippen molar-refractivity contribution in [3.63, 3.8) is 0 Å². The molecule has 0 saturated carbocycles. The first kappa shape index (κ1) is 11.0. The van der Waals surface area contributed by atoms with Gasteiger partial charge in [0, 0.05) is 0 Å². The van der Waals surface area contributed by atoms with Gasteiger partial charge in [-0.3, -0.25) is 0 Å². The molecule has 0 amide bonds. The Balaban J connectivity index is 2.25. The van der Waals surface area contributed by atoms with Crippen LogP contribution >= 0.6 is 0 Å². The molecule has 0 aromatic heterocycles. The lowest BCUT2D eigenvalue weighted by Crippen LogP contribution is -2.14. The van der Waals surface area contributed by atoms with Crippen molar-refractivity contribution < 1.29 is 0 Å². The molecule has 84 valence electrons. The number of hydrogen-bond donors (Lipinski definition) is 0. The van der Waals surface area contributed by atoms with Crippen LogP contribution in [0.25, 0.3) is 0 Å². The fourth-order valence-corrected chi connectivity index (χ4v) is 3.24. The first-order valence-electron chi connectivity index (χ1n) is 6.47. The summed E-state index contributed by atoms with van der Waals surface area (Å²) < 4.78 is 0. The van der Waals surface area contributed by atoms with E-state index >= 15 is 0 Å². The van der Waals surface area contributed by atoms with Gasteiger partial charge in [-0.1, -0.05) is 38.5 Å². The molecule has 0 radical (unpaired) electrons. The molecule has 0 aliphatic heterocycles. The Kier molecular flexibility index (Phi) is 3.04. The molecule has 0 fully saturated rings. The highest BCUT2D eigenvalue weighted by Crippen LogP contribution is 2.43. The maximum Gasteiger partial charge on any atom is -0.0134 e. The van der Waals surface area contributed by atoms with Gasteiger partial charge in [-0.15, -0.1) is 0 Å². The third-order valence-corrected chi connectivity index (χ3v) is 4.43. The fourth-order valence-electron chi connectivity index (χ4n) is 3.24. The summed E-state index contributed by atoms with van der Waals surface area (Å²) in [5, 5.41) is 0. The summed E-state index contributed by atoms with van der Waals surface area (Å²) in [5.74, 6) is 3.33. The van der Waals surface area contributed by atoms with E-state index in [0.717, 1.165) is 23.7 Å². The quantitative estimate of drug-likeness (QED) is 0.586. The summed E-state index contributed by atoms with van der Waals surface area (Å²) in [4.78, 5) is 0. The molecule has 0 spiro atoms. The van der Waals surface area contributed by atoms with Crippen LogP contribution in [0.2, 0.25) is 0 Å². The standard InChI is InChI=1S/C15H24/c1-10(2)13-6-8-14-11(3)5-7-15(14)12(4)9-13/h6,8,10,12-13,15H,5,7,9H2,1-4H3. The van der Waals surface area contributed by atoms with Crippen LogP contribution in [0.5, 0.6) is 0 Å². The van der Waals surface area contributed by atoms with E-state index in [-0.39, 0.29) is 0 Å². The highest BCUT2D eigenvalue weighted by molar-refractivity contribution is 5.33. The van der Waals surface area contributed by atoms with Crippen molar-refractivity contribution >= 4 is 0 Å². The molecule has 0 N–H and O–H groups in total. The second-order valence-corrected chi connectivity index (χ2v) is 5.86. The van der Waals surface area contributed by atoms with E-state index in [9.17, 15) is 0 Å². The Labute approximate surface area is 94.5 Å². The molecule has 0 nitrogen and oxygen atoms in total. The summed E-state index contributed by atoms with van der Waals surface area (Å²) in [6, 6.07) is 0. The Hall–Kier alpha value is -0.520. The molecule has 2 rings (SSSR count). The molecule has 0 saturated heterocycles. The minimum absolute atomic E-state index is 0.795. The van der Waals surface area contributed by atoms with Gasteiger partial charge in [0.2, 0.25) is 0 Å². The maximum atomic E-state index is 2.48. The van der Waals surface area contributed by atoms with Gasteiger partial charge >= 0.3 is 0 Å². The molecular formula is C15H24. The normalized spacial score (nSPS) is 35.9. The van der Waals surface area contributed by atoms with Crippen molar-refractivity contribution in [3.05, 3.63) is 23.3 Å². The summed E-state index contributed by atoms with van der Waals surface area (Å²) in [6.07, 6.45) is 9.04. The van der Waals surface area contributed by atoms with Gasteiger partial charge in [0.25, 0.3) is 0 Å². The lowest BCUT2D eigenvalue weighted by atomic mass is 9.82. The molecule has 0 heterocycles. The summed E-state index contributed by atoms with van der Waals surface area (Å²) in [7, 11) is 0. The second kappa shape index (κ2) is 4.15. The van der Waals surface area contributed by atoms with E-state index < -0.39 is 0 Å². The third-order valence-electron chi connectivity index (χ3n) is 4.43. The monoisotopic (exact) mass is 204 g/mol. The zero-order valence-electron chi connectivity index (χ0n) is 10.6. The highest BCUT2D eigenvalue weighted by atomic mass is 14.4. The van der Waals surface area contributed by atoms with E-state index in [1.807, 2.05) is 0 Å². The van der Waals surface area contributed by atoms with Gasteiger partial charge in [0.15, 0.2) is 0 Å². The predicted octanol–water partition coefficient (Wildman–Crippen LogP) is 4.58. The zero-order valence-corrected chi connectivity index (χ0v) is 10.6. The molecule has 3 unspecified atom stereocenters. The van der Waals surface area contributed by atoms with Crippen molar-refractivity contribution in [1.29, 1.82) is 0 Å². The van der Waals surface area contributed by atoms with Crippen molar-refractivity contribution in [1.82, 2.24) is 0 Å². The van der Waals surface area contributed by atoms with Gasteiger partial charge in [-0.05, 0) is 55.4 Å². The van der Waals surface area contributed by atoms with Gasteiger partial charge in [0.05, 0.1) is 0 Å². The van der Waals surface area contributed by atoms with Crippen LogP contribution in [-0.4, -0.2) is 0 Å². The molecular weight excluding hydrogens is 180 g/mol. The van der Waals surface area contributed by atoms with Gasteiger partial charge in [-0.25, -0.2) is 0 Å². The Morgan fingerprint density at radius 3 is 2.73 bits per heavy atom. The summed E-state index contributed by atoms with van der Waals surface area (Å²) in [6.45, 7) is 9.47. The number of hydrogen-bond acceptors (Lipinski definition) is 0. The predicted molar refractivity (Wildman–Crippen MR) is 66.7 cm³/mol. The van der Waals surface area contributed by atoms with Gasteiger partial charge in [0.1, 0.15) is 0 Å². The topological polar surface area (TPSA) is 0 Å². The molecule has 15 heavy (non-hydrogen) atoms. The first-order chi connectivity index (χ1) is 7.09. The van der Waals surface area contributed by atoms with E-state index in [1.54, 1.807) is 11.1 Å². The lowest BCUT2D eigenvalue weighted by molar-refractivity contribution is 0.313. The Morgan fingerprint density at radius 2 is 2.07 bits per heavy atom. The van der Waals surface area contributed by atoms with Gasteiger partial charge in [-0.2, -0.15) is 0 Å².